The van der Waals surface area contributed by atoms with E-state index < -0.39 is 5.97 Å². The second-order valence-electron chi connectivity index (χ2n) is 5.66. The summed E-state index contributed by atoms with van der Waals surface area (Å²) in [6.07, 6.45) is 1.52. The van der Waals surface area contributed by atoms with Crippen LogP contribution in [0.15, 0.2) is 41.3 Å². The smallest absolute Gasteiger partial charge is 0.357 e. The summed E-state index contributed by atoms with van der Waals surface area (Å²) < 4.78 is 6.53. The van der Waals surface area contributed by atoms with Gasteiger partial charge in [0.15, 0.2) is 11.3 Å². The van der Waals surface area contributed by atoms with Crippen molar-refractivity contribution in [3.05, 3.63) is 68.7 Å². The van der Waals surface area contributed by atoms with Crippen LogP contribution in [0.5, 0.6) is 0 Å². The molecular formula is C17H16ClN3O3. The molecule has 0 bridgehead atoms. The summed E-state index contributed by atoms with van der Waals surface area (Å²) in [7, 11) is 0. The molecule has 124 valence electrons. The number of nitrogens with one attached hydrogen (secondary N) is 1. The number of fused-ring (bicyclic) bond motifs is 1. The van der Waals surface area contributed by atoms with Gasteiger partial charge in [-0.2, -0.15) is 0 Å². The number of aromatic nitrogens is 3. The number of nitrogens with zero attached hydrogens (tertiary/aromatic N) is 2. The van der Waals surface area contributed by atoms with Crippen LogP contribution in [0.4, 0.5) is 0 Å². The van der Waals surface area contributed by atoms with Crippen LogP contribution in [0.1, 0.15) is 35.5 Å². The molecule has 0 fully saturated rings. The Morgan fingerprint density at radius 2 is 2.17 bits per heavy atom. The molecular weight excluding hydrogens is 330 g/mol. The van der Waals surface area contributed by atoms with Gasteiger partial charge in [-0.25, -0.2) is 14.3 Å². The van der Waals surface area contributed by atoms with E-state index >= 15 is 0 Å². The molecule has 0 aliphatic heterocycles. The summed E-state index contributed by atoms with van der Waals surface area (Å²) >= 11 is 6.00. The molecule has 0 aliphatic rings. The predicted octanol–water partition coefficient (Wildman–Crippen LogP) is 2.83. The Bertz CT molecular complexity index is 959. The van der Waals surface area contributed by atoms with E-state index in [0.717, 1.165) is 5.56 Å². The van der Waals surface area contributed by atoms with Crippen LogP contribution in [0.3, 0.4) is 0 Å². The zero-order valence-corrected chi connectivity index (χ0v) is 14.0. The first-order chi connectivity index (χ1) is 11.5. The number of carbonyl (C=O) groups is 1. The van der Waals surface area contributed by atoms with Gasteiger partial charge >= 0.3 is 5.97 Å². The molecule has 0 saturated carbocycles. The fourth-order valence-corrected chi connectivity index (χ4v) is 2.66. The average Bonchev–Trinajstić information content (AvgIpc) is 2.98. The van der Waals surface area contributed by atoms with Crippen LogP contribution in [-0.2, 0) is 11.2 Å². The van der Waals surface area contributed by atoms with Crippen molar-refractivity contribution in [2.45, 2.75) is 26.4 Å². The number of halogens is 1. The summed E-state index contributed by atoms with van der Waals surface area (Å²) in [5.74, 6) is -0.608. The van der Waals surface area contributed by atoms with Crippen molar-refractivity contribution in [2.24, 2.45) is 0 Å². The highest BCUT2D eigenvalue weighted by atomic mass is 35.5. The van der Waals surface area contributed by atoms with Crippen LogP contribution in [-0.4, -0.2) is 26.7 Å². The van der Waals surface area contributed by atoms with Crippen molar-refractivity contribution >= 4 is 23.2 Å². The van der Waals surface area contributed by atoms with E-state index in [2.05, 4.69) is 10.1 Å². The van der Waals surface area contributed by atoms with Crippen molar-refractivity contribution in [3.8, 4) is 0 Å². The maximum absolute atomic E-state index is 12.7. The van der Waals surface area contributed by atoms with Gasteiger partial charge in [-0.05, 0) is 31.5 Å². The monoisotopic (exact) mass is 345 g/mol. The highest BCUT2D eigenvalue weighted by Crippen LogP contribution is 2.16. The topological polar surface area (TPSA) is 76.5 Å². The van der Waals surface area contributed by atoms with Gasteiger partial charge in [0.2, 0.25) is 0 Å². The van der Waals surface area contributed by atoms with E-state index in [0.29, 0.717) is 10.7 Å². The standard InChI is InChI=1S/C17H16ClN3O3/c1-10(2)24-17(23)15-13(9-11-4-3-5-12(18)8-11)16(22)21-14(20-15)6-7-19-21/h3-8,10,19H,9H2,1-2H3. The van der Waals surface area contributed by atoms with Gasteiger partial charge in [0.25, 0.3) is 5.56 Å². The minimum Gasteiger partial charge on any atom is -0.458 e. The molecule has 3 rings (SSSR count). The van der Waals surface area contributed by atoms with E-state index in [1.165, 1.54) is 4.52 Å². The number of esters is 1. The van der Waals surface area contributed by atoms with Crippen molar-refractivity contribution < 1.29 is 9.53 Å². The molecule has 0 saturated heterocycles. The van der Waals surface area contributed by atoms with Crippen LogP contribution in [0.25, 0.3) is 5.65 Å². The molecule has 3 aromatic rings. The number of carbonyl (C=O) groups excluding carboxylic acids is 1. The number of benzene rings is 1. The second kappa shape index (κ2) is 6.49. The summed E-state index contributed by atoms with van der Waals surface area (Å²) in [6, 6.07) is 8.76. The fourth-order valence-electron chi connectivity index (χ4n) is 2.44. The van der Waals surface area contributed by atoms with Crippen molar-refractivity contribution in [1.82, 2.24) is 14.6 Å². The van der Waals surface area contributed by atoms with Crippen LogP contribution in [0.2, 0.25) is 5.02 Å². The Balaban J connectivity index is 2.14. The van der Waals surface area contributed by atoms with Crippen molar-refractivity contribution in [2.75, 3.05) is 0 Å². The number of aromatic amines is 1. The third kappa shape index (κ3) is 3.19. The normalized spacial score (nSPS) is 11.2. The molecule has 7 heteroatoms. The Hall–Kier alpha value is -2.60. The third-order valence-corrected chi connectivity index (χ3v) is 3.68. The molecule has 0 aliphatic carbocycles. The van der Waals surface area contributed by atoms with Crippen LogP contribution >= 0.6 is 11.6 Å². The molecule has 24 heavy (non-hydrogen) atoms. The Kier molecular flexibility index (Phi) is 4.40. The van der Waals surface area contributed by atoms with Crippen molar-refractivity contribution in [3.63, 3.8) is 0 Å². The number of hydrogen-bond donors (Lipinski definition) is 1. The first-order valence-corrected chi connectivity index (χ1v) is 7.88. The summed E-state index contributed by atoms with van der Waals surface area (Å²) in [5.41, 5.74) is 1.15. The molecule has 0 radical (unpaired) electrons. The molecule has 0 atom stereocenters. The highest BCUT2D eigenvalue weighted by molar-refractivity contribution is 6.30. The van der Waals surface area contributed by atoms with Gasteiger partial charge in [0.1, 0.15) is 0 Å². The zero-order valence-electron chi connectivity index (χ0n) is 13.2. The second-order valence-corrected chi connectivity index (χ2v) is 6.10. The summed E-state index contributed by atoms with van der Waals surface area (Å²) in [6.45, 7) is 3.49. The molecule has 1 aromatic carbocycles. The molecule has 2 heterocycles. The number of ether oxygens (including phenoxy) is 1. The largest absolute Gasteiger partial charge is 0.458 e. The maximum Gasteiger partial charge on any atom is 0.357 e. The third-order valence-electron chi connectivity index (χ3n) is 3.44. The molecule has 0 unspecified atom stereocenters. The molecule has 6 nitrogen and oxygen atoms in total. The lowest BCUT2D eigenvalue weighted by molar-refractivity contribution is 0.0369. The SMILES string of the molecule is CC(C)OC(=O)c1nc2cc[nH]n2c(=O)c1Cc1cccc(Cl)c1. The van der Waals surface area contributed by atoms with Gasteiger partial charge in [-0.15, -0.1) is 0 Å². The zero-order chi connectivity index (χ0) is 17.3. The van der Waals surface area contributed by atoms with E-state index in [-0.39, 0.29) is 29.3 Å². The van der Waals surface area contributed by atoms with E-state index in [9.17, 15) is 9.59 Å². The first kappa shape index (κ1) is 16.3. The van der Waals surface area contributed by atoms with Gasteiger partial charge in [0.05, 0.1) is 11.7 Å². The molecule has 0 amide bonds. The lowest BCUT2D eigenvalue weighted by Crippen LogP contribution is -2.26. The molecule has 1 N–H and O–H groups in total. The van der Waals surface area contributed by atoms with Crippen molar-refractivity contribution in [1.29, 1.82) is 0 Å². The lowest BCUT2D eigenvalue weighted by atomic mass is 10.0. The summed E-state index contributed by atoms with van der Waals surface area (Å²) in [5, 5.41) is 3.36. The molecule has 0 spiro atoms. The van der Waals surface area contributed by atoms with Crippen LogP contribution in [0, 0.1) is 0 Å². The molecule has 2 aromatic heterocycles. The minimum atomic E-state index is -0.608. The number of rotatable bonds is 4. The number of H-pyrrole nitrogens is 1. The average molecular weight is 346 g/mol. The quantitative estimate of drug-likeness (QED) is 0.738. The van der Waals surface area contributed by atoms with E-state index in [1.54, 1.807) is 44.3 Å². The predicted molar refractivity (Wildman–Crippen MR) is 90.6 cm³/mol. The maximum atomic E-state index is 12.7. The van der Waals surface area contributed by atoms with Crippen LogP contribution < -0.4 is 5.56 Å². The van der Waals surface area contributed by atoms with E-state index in [1.807, 2.05) is 6.07 Å². The Morgan fingerprint density at radius 3 is 2.88 bits per heavy atom. The Morgan fingerprint density at radius 1 is 1.38 bits per heavy atom. The van der Waals surface area contributed by atoms with Gasteiger partial charge < -0.3 is 4.74 Å². The Labute approximate surface area is 143 Å². The highest BCUT2D eigenvalue weighted by Gasteiger charge is 2.22. The fraction of sp³-hybridized carbons (Fsp3) is 0.235. The lowest BCUT2D eigenvalue weighted by Gasteiger charge is -2.11. The van der Waals surface area contributed by atoms with Gasteiger partial charge in [-0.3, -0.25) is 9.89 Å². The van der Waals surface area contributed by atoms with Gasteiger partial charge in [0, 0.05) is 23.7 Å². The number of hydrogen-bond acceptors (Lipinski definition) is 4. The minimum absolute atomic E-state index is 0.0354. The first-order valence-electron chi connectivity index (χ1n) is 7.50. The van der Waals surface area contributed by atoms with Gasteiger partial charge in [-0.1, -0.05) is 23.7 Å². The van der Waals surface area contributed by atoms with E-state index in [4.69, 9.17) is 16.3 Å². The summed E-state index contributed by atoms with van der Waals surface area (Å²) in [4.78, 5) is 29.4.